The van der Waals surface area contributed by atoms with Gasteiger partial charge in [-0.05, 0) is 34.7 Å². The SMILES string of the molecule is O=C(O)C=Cc1cccc(CNC(=O)c2ccsc2)c1. The molecule has 0 aliphatic carbocycles. The lowest BCUT2D eigenvalue weighted by molar-refractivity contribution is -0.131. The minimum Gasteiger partial charge on any atom is -0.478 e. The Morgan fingerprint density at radius 2 is 2.15 bits per heavy atom. The van der Waals surface area contributed by atoms with E-state index in [1.165, 1.54) is 17.4 Å². The predicted molar refractivity (Wildman–Crippen MR) is 78.6 cm³/mol. The van der Waals surface area contributed by atoms with Gasteiger partial charge >= 0.3 is 5.97 Å². The number of amides is 1. The van der Waals surface area contributed by atoms with E-state index in [0.717, 1.165) is 17.2 Å². The third-order valence-corrected chi connectivity index (χ3v) is 3.29. The topological polar surface area (TPSA) is 66.4 Å². The Bertz CT molecular complexity index is 632. The first-order valence-corrected chi connectivity index (χ1v) is 6.90. The number of nitrogens with one attached hydrogen (secondary N) is 1. The van der Waals surface area contributed by atoms with Gasteiger partial charge in [-0.1, -0.05) is 18.2 Å². The molecular weight excluding hydrogens is 274 g/mol. The van der Waals surface area contributed by atoms with Gasteiger partial charge in [-0.25, -0.2) is 4.79 Å². The normalized spacial score (nSPS) is 10.6. The number of carboxylic acids is 1. The standard InChI is InChI=1S/C15H13NO3S/c17-14(18)5-4-11-2-1-3-12(8-11)9-16-15(19)13-6-7-20-10-13/h1-8,10H,9H2,(H,16,19)(H,17,18). The lowest BCUT2D eigenvalue weighted by Gasteiger charge is -2.05. The fourth-order valence-corrected chi connectivity index (χ4v) is 2.29. The molecule has 2 N–H and O–H groups in total. The minimum absolute atomic E-state index is 0.113. The van der Waals surface area contributed by atoms with Crippen LogP contribution in [0.3, 0.4) is 0 Å². The highest BCUT2D eigenvalue weighted by Gasteiger charge is 2.04. The molecule has 0 aliphatic heterocycles. The van der Waals surface area contributed by atoms with Crippen LogP contribution in [0.25, 0.3) is 6.08 Å². The second-order valence-corrected chi connectivity index (χ2v) is 4.89. The van der Waals surface area contributed by atoms with Crippen LogP contribution in [-0.2, 0) is 11.3 Å². The van der Waals surface area contributed by atoms with Crippen molar-refractivity contribution in [1.82, 2.24) is 5.32 Å². The molecule has 0 saturated heterocycles. The number of rotatable bonds is 5. The summed E-state index contributed by atoms with van der Waals surface area (Å²) in [5.74, 6) is -1.10. The number of carbonyl (C=O) groups excluding carboxylic acids is 1. The van der Waals surface area contributed by atoms with Gasteiger partial charge in [0.2, 0.25) is 0 Å². The maximum Gasteiger partial charge on any atom is 0.328 e. The molecule has 0 fully saturated rings. The number of carbonyl (C=O) groups is 2. The number of carboxylic acid groups (broad SMARTS) is 1. The number of hydrogen-bond acceptors (Lipinski definition) is 3. The summed E-state index contributed by atoms with van der Waals surface area (Å²) in [6.45, 7) is 0.406. The Morgan fingerprint density at radius 1 is 1.30 bits per heavy atom. The van der Waals surface area contributed by atoms with Gasteiger partial charge in [0.05, 0.1) is 0 Å². The zero-order valence-corrected chi connectivity index (χ0v) is 11.4. The Labute approximate surface area is 120 Å². The third-order valence-electron chi connectivity index (χ3n) is 2.61. The Balaban J connectivity index is 1.98. The third kappa shape index (κ3) is 4.07. The highest BCUT2D eigenvalue weighted by atomic mass is 32.1. The van der Waals surface area contributed by atoms with Gasteiger partial charge in [0, 0.05) is 23.6 Å². The molecule has 20 heavy (non-hydrogen) atoms. The van der Waals surface area contributed by atoms with Crippen molar-refractivity contribution in [2.75, 3.05) is 0 Å². The zero-order chi connectivity index (χ0) is 14.4. The van der Waals surface area contributed by atoms with E-state index < -0.39 is 5.97 Å². The van der Waals surface area contributed by atoms with Crippen LogP contribution in [0.1, 0.15) is 21.5 Å². The van der Waals surface area contributed by atoms with Crippen molar-refractivity contribution in [3.63, 3.8) is 0 Å². The van der Waals surface area contributed by atoms with Gasteiger partial charge < -0.3 is 10.4 Å². The lowest BCUT2D eigenvalue weighted by atomic mass is 10.1. The maximum atomic E-state index is 11.8. The Morgan fingerprint density at radius 3 is 2.85 bits per heavy atom. The molecule has 1 aromatic carbocycles. The summed E-state index contributed by atoms with van der Waals surface area (Å²) < 4.78 is 0. The first-order chi connectivity index (χ1) is 9.65. The van der Waals surface area contributed by atoms with Crippen molar-refractivity contribution < 1.29 is 14.7 Å². The molecule has 1 amide bonds. The van der Waals surface area contributed by atoms with E-state index in [9.17, 15) is 9.59 Å². The molecule has 0 spiro atoms. The predicted octanol–water partition coefficient (Wildman–Crippen LogP) is 2.78. The first kappa shape index (κ1) is 14.0. The summed E-state index contributed by atoms with van der Waals surface area (Å²) in [6.07, 6.45) is 2.61. The molecule has 0 unspecified atom stereocenters. The van der Waals surface area contributed by atoms with Crippen LogP contribution in [0.15, 0.2) is 47.2 Å². The molecule has 0 atom stereocenters. The lowest BCUT2D eigenvalue weighted by Crippen LogP contribution is -2.22. The summed E-state index contributed by atoms with van der Waals surface area (Å²) in [5.41, 5.74) is 2.35. The fourth-order valence-electron chi connectivity index (χ4n) is 1.65. The quantitative estimate of drug-likeness (QED) is 0.831. The molecule has 0 radical (unpaired) electrons. The molecule has 5 heteroatoms. The fraction of sp³-hybridized carbons (Fsp3) is 0.0667. The van der Waals surface area contributed by atoms with E-state index in [-0.39, 0.29) is 5.91 Å². The molecule has 1 aromatic heterocycles. The van der Waals surface area contributed by atoms with E-state index >= 15 is 0 Å². The summed E-state index contributed by atoms with van der Waals surface area (Å²) in [4.78, 5) is 22.2. The molecule has 0 saturated carbocycles. The largest absolute Gasteiger partial charge is 0.478 e. The summed E-state index contributed by atoms with van der Waals surface area (Å²) in [6, 6.07) is 9.13. The highest BCUT2D eigenvalue weighted by Crippen LogP contribution is 2.09. The average Bonchev–Trinajstić information content (AvgIpc) is 2.97. The number of benzene rings is 1. The van der Waals surface area contributed by atoms with E-state index in [1.807, 2.05) is 29.6 Å². The average molecular weight is 287 g/mol. The Hall–Kier alpha value is -2.40. The van der Waals surface area contributed by atoms with Crippen LogP contribution in [0.5, 0.6) is 0 Å². The van der Waals surface area contributed by atoms with Crippen molar-refractivity contribution in [1.29, 1.82) is 0 Å². The molecule has 2 aromatic rings. The molecule has 0 aliphatic rings. The first-order valence-electron chi connectivity index (χ1n) is 5.95. The monoisotopic (exact) mass is 287 g/mol. The van der Waals surface area contributed by atoms with Crippen molar-refractivity contribution in [3.05, 3.63) is 63.9 Å². The zero-order valence-electron chi connectivity index (χ0n) is 10.6. The number of aliphatic carboxylic acids is 1. The van der Waals surface area contributed by atoms with E-state index in [2.05, 4.69) is 5.32 Å². The van der Waals surface area contributed by atoms with Crippen molar-refractivity contribution in [3.8, 4) is 0 Å². The van der Waals surface area contributed by atoms with E-state index in [4.69, 9.17) is 5.11 Å². The van der Waals surface area contributed by atoms with E-state index in [0.29, 0.717) is 12.1 Å². The van der Waals surface area contributed by atoms with Gasteiger partial charge in [-0.2, -0.15) is 11.3 Å². The van der Waals surface area contributed by atoms with Crippen LogP contribution in [0.4, 0.5) is 0 Å². The van der Waals surface area contributed by atoms with Gasteiger partial charge in [0.15, 0.2) is 0 Å². The number of hydrogen-bond donors (Lipinski definition) is 2. The van der Waals surface area contributed by atoms with Gasteiger partial charge in [0.25, 0.3) is 5.91 Å². The van der Waals surface area contributed by atoms with Crippen LogP contribution in [0.2, 0.25) is 0 Å². The molecular formula is C15H13NO3S. The van der Waals surface area contributed by atoms with Crippen molar-refractivity contribution >= 4 is 29.3 Å². The maximum absolute atomic E-state index is 11.8. The molecule has 4 nitrogen and oxygen atoms in total. The molecule has 102 valence electrons. The Kier molecular flexibility index (Phi) is 4.68. The summed E-state index contributed by atoms with van der Waals surface area (Å²) in [7, 11) is 0. The van der Waals surface area contributed by atoms with Crippen LogP contribution in [0, 0.1) is 0 Å². The number of thiophene rings is 1. The molecule has 1 heterocycles. The van der Waals surface area contributed by atoms with Gasteiger partial charge in [-0.15, -0.1) is 0 Å². The van der Waals surface area contributed by atoms with Crippen LogP contribution >= 0.6 is 11.3 Å². The molecule has 0 bridgehead atoms. The van der Waals surface area contributed by atoms with Crippen LogP contribution in [-0.4, -0.2) is 17.0 Å². The van der Waals surface area contributed by atoms with E-state index in [1.54, 1.807) is 11.4 Å². The van der Waals surface area contributed by atoms with Crippen LogP contribution < -0.4 is 5.32 Å². The summed E-state index contributed by atoms with van der Waals surface area (Å²) >= 11 is 1.48. The van der Waals surface area contributed by atoms with Crippen molar-refractivity contribution in [2.24, 2.45) is 0 Å². The highest BCUT2D eigenvalue weighted by molar-refractivity contribution is 7.08. The van der Waals surface area contributed by atoms with Gasteiger partial charge in [-0.3, -0.25) is 4.79 Å². The second-order valence-electron chi connectivity index (χ2n) is 4.11. The van der Waals surface area contributed by atoms with Crippen molar-refractivity contribution in [2.45, 2.75) is 6.54 Å². The smallest absolute Gasteiger partial charge is 0.328 e. The summed E-state index contributed by atoms with van der Waals surface area (Å²) in [5, 5.41) is 15.1. The molecule has 2 rings (SSSR count). The minimum atomic E-state index is -0.985. The van der Waals surface area contributed by atoms with Gasteiger partial charge in [0.1, 0.15) is 0 Å². The second kappa shape index (κ2) is 6.68.